The van der Waals surface area contributed by atoms with Crippen molar-refractivity contribution in [3.63, 3.8) is 0 Å². The van der Waals surface area contributed by atoms with Crippen molar-refractivity contribution in [3.05, 3.63) is 57.3 Å². The minimum Gasteiger partial charge on any atom is -0.354 e. The number of imide groups is 1. The molecule has 0 spiro atoms. The highest BCUT2D eigenvalue weighted by Gasteiger charge is 2.37. The average Bonchev–Trinajstić information content (AvgIpc) is 3.67. The average molecular weight is 716 g/mol. The topological polar surface area (TPSA) is 150 Å². The maximum absolute atomic E-state index is 13.1. The van der Waals surface area contributed by atoms with Gasteiger partial charge in [0.05, 0.1) is 13.1 Å². The molecule has 0 radical (unpaired) electrons. The van der Waals surface area contributed by atoms with Gasteiger partial charge in [0.15, 0.2) is 0 Å². The van der Waals surface area contributed by atoms with E-state index in [0.717, 1.165) is 76.1 Å². The van der Waals surface area contributed by atoms with Gasteiger partial charge in [-0.2, -0.15) is 15.0 Å². The lowest BCUT2D eigenvalue weighted by molar-refractivity contribution is -0.128. The molecule has 3 saturated heterocycles. The molecule has 1 aromatic carbocycles. The van der Waals surface area contributed by atoms with Gasteiger partial charge >= 0.3 is 6.03 Å². The standard InChI is InChI=1S/C35H45N11O4S/c1-24(47)42-13-4-14-43(19-18-42)33-38-32(36-12-8-28-5-3-20-51-28)39-34(40-33)44-15-9-27(10-16-44)41(2)22-25-6-7-29-26(21-25)23-46(31(29)49)45-17-11-30(48)37-35(45)50/h3,5-7,20-21,27H,4,8-19,22-23H2,1-2H3,(H,37,48,50)(H,36,38,39,40). The first-order chi connectivity index (χ1) is 24.7. The number of amides is 5. The molecule has 270 valence electrons. The Hall–Kier alpha value is -4.83. The van der Waals surface area contributed by atoms with Gasteiger partial charge in [-0.3, -0.25) is 24.6 Å². The number of benzene rings is 1. The number of thiophene rings is 1. The smallest absolute Gasteiger partial charge is 0.342 e. The fourth-order valence-electron chi connectivity index (χ4n) is 7.26. The second-order valence-electron chi connectivity index (χ2n) is 13.6. The fourth-order valence-corrected chi connectivity index (χ4v) is 7.97. The fraction of sp³-hybridized carbons (Fsp3) is 0.514. The van der Waals surface area contributed by atoms with Crippen LogP contribution >= 0.6 is 11.3 Å². The number of nitrogens with zero attached hydrogens (tertiary/aromatic N) is 9. The van der Waals surface area contributed by atoms with Crippen molar-refractivity contribution in [1.29, 1.82) is 0 Å². The second-order valence-corrected chi connectivity index (χ2v) is 14.6. The first kappa shape index (κ1) is 34.6. The van der Waals surface area contributed by atoms with Crippen LogP contribution in [0.1, 0.15) is 59.0 Å². The van der Waals surface area contributed by atoms with Gasteiger partial charge in [-0.25, -0.2) is 14.8 Å². The summed E-state index contributed by atoms with van der Waals surface area (Å²) < 4.78 is 0. The third-order valence-corrected chi connectivity index (χ3v) is 11.1. The first-order valence-electron chi connectivity index (χ1n) is 17.7. The van der Waals surface area contributed by atoms with Crippen LogP contribution < -0.4 is 20.4 Å². The van der Waals surface area contributed by atoms with E-state index in [1.807, 2.05) is 17.0 Å². The van der Waals surface area contributed by atoms with Gasteiger partial charge in [-0.05, 0) is 61.4 Å². The molecule has 4 aliphatic heterocycles. The van der Waals surface area contributed by atoms with E-state index in [4.69, 9.17) is 15.0 Å². The molecule has 15 nitrogen and oxygen atoms in total. The monoisotopic (exact) mass is 715 g/mol. The largest absolute Gasteiger partial charge is 0.354 e. The molecule has 7 rings (SSSR count). The summed E-state index contributed by atoms with van der Waals surface area (Å²) in [5.41, 5.74) is 2.58. The molecule has 5 amide bonds. The number of hydrogen-bond donors (Lipinski definition) is 2. The van der Waals surface area contributed by atoms with Crippen LogP contribution in [-0.4, -0.2) is 124 Å². The van der Waals surface area contributed by atoms with E-state index >= 15 is 0 Å². The minimum absolute atomic E-state index is 0.0952. The van der Waals surface area contributed by atoms with E-state index in [0.29, 0.717) is 49.1 Å². The first-order valence-corrected chi connectivity index (χ1v) is 18.6. The lowest BCUT2D eigenvalue weighted by Crippen LogP contribution is -2.56. The summed E-state index contributed by atoms with van der Waals surface area (Å²) >= 11 is 1.74. The van der Waals surface area contributed by atoms with E-state index in [-0.39, 0.29) is 30.7 Å². The molecular weight excluding hydrogens is 671 g/mol. The number of piperidine rings is 1. The highest BCUT2D eigenvalue weighted by atomic mass is 32.1. The third kappa shape index (κ3) is 7.91. The number of aromatic nitrogens is 3. The number of rotatable bonds is 10. The number of urea groups is 1. The highest BCUT2D eigenvalue weighted by Crippen LogP contribution is 2.28. The second kappa shape index (κ2) is 15.2. The van der Waals surface area contributed by atoms with Crippen molar-refractivity contribution >= 4 is 52.9 Å². The van der Waals surface area contributed by atoms with Crippen molar-refractivity contribution in [2.24, 2.45) is 0 Å². The zero-order valence-electron chi connectivity index (χ0n) is 29.2. The van der Waals surface area contributed by atoms with Gasteiger partial charge in [0.25, 0.3) is 5.91 Å². The molecule has 3 aromatic rings. The Labute approximate surface area is 301 Å². The van der Waals surface area contributed by atoms with Crippen molar-refractivity contribution < 1.29 is 19.2 Å². The zero-order chi connectivity index (χ0) is 35.5. The van der Waals surface area contributed by atoms with Crippen LogP contribution in [0.5, 0.6) is 0 Å². The Morgan fingerprint density at radius 1 is 0.961 bits per heavy atom. The molecule has 3 fully saturated rings. The molecule has 0 unspecified atom stereocenters. The maximum Gasteiger partial charge on any atom is 0.342 e. The summed E-state index contributed by atoms with van der Waals surface area (Å²) in [5.74, 6) is 1.43. The molecule has 0 atom stereocenters. The summed E-state index contributed by atoms with van der Waals surface area (Å²) in [6.45, 7) is 8.00. The number of anilines is 3. The maximum atomic E-state index is 13.1. The highest BCUT2D eigenvalue weighted by molar-refractivity contribution is 7.09. The molecule has 2 aromatic heterocycles. The lowest BCUT2D eigenvalue weighted by Gasteiger charge is -2.37. The molecule has 0 bridgehead atoms. The SMILES string of the molecule is CC(=O)N1CCCN(c2nc(NCCc3cccs3)nc(N3CCC(N(C)Cc4ccc5c(c4)CN(N4CCC(=O)NC4=O)C5=O)CC3)n2)CC1. The summed E-state index contributed by atoms with van der Waals surface area (Å²) in [5, 5.41) is 10.6. The molecule has 51 heavy (non-hydrogen) atoms. The number of nitrogens with one attached hydrogen (secondary N) is 2. The van der Waals surface area contributed by atoms with Crippen LogP contribution in [0.2, 0.25) is 0 Å². The third-order valence-electron chi connectivity index (χ3n) is 10.2. The van der Waals surface area contributed by atoms with Crippen LogP contribution in [0.3, 0.4) is 0 Å². The number of hydrogen-bond acceptors (Lipinski definition) is 12. The lowest BCUT2D eigenvalue weighted by atomic mass is 10.0. The van der Waals surface area contributed by atoms with Gasteiger partial charge in [-0.15, -0.1) is 11.3 Å². The molecule has 2 N–H and O–H groups in total. The summed E-state index contributed by atoms with van der Waals surface area (Å²) in [7, 11) is 2.14. The Balaban J connectivity index is 0.984. The van der Waals surface area contributed by atoms with Crippen LogP contribution in [0.4, 0.5) is 22.6 Å². The van der Waals surface area contributed by atoms with Gasteiger partial charge in [0.1, 0.15) is 0 Å². The summed E-state index contributed by atoms with van der Waals surface area (Å²) in [6.07, 6.45) is 3.80. The predicted octanol–water partition coefficient (Wildman–Crippen LogP) is 2.56. The summed E-state index contributed by atoms with van der Waals surface area (Å²) in [4.78, 5) is 73.8. The Morgan fingerprint density at radius 3 is 2.47 bits per heavy atom. The van der Waals surface area contributed by atoms with Gasteiger partial charge in [0, 0.05) is 82.2 Å². The summed E-state index contributed by atoms with van der Waals surface area (Å²) in [6, 6.07) is 9.90. The number of fused-ring (bicyclic) bond motifs is 1. The van der Waals surface area contributed by atoms with Gasteiger partial charge < -0.3 is 20.0 Å². The van der Waals surface area contributed by atoms with E-state index < -0.39 is 6.03 Å². The van der Waals surface area contributed by atoms with Crippen molar-refractivity contribution in [1.82, 2.24) is 40.1 Å². The van der Waals surface area contributed by atoms with Crippen LogP contribution in [0, 0.1) is 0 Å². The Morgan fingerprint density at radius 2 is 1.75 bits per heavy atom. The zero-order valence-corrected chi connectivity index (χ0v) is 30.0. The Bertz CT molecular complexity index is 1760. The van der Waals surface area contributed by atoms with Gasteiger partial charge in [-0.1, -0.05) is 18.2 Å². The van der Waals surface area contributed by atoms with Crippen molar-refractivity contribution in [2.75, 3.05) is 74.5 Å². The normalized spacial score (nSPS) is 18.7. The molecular formula is C35H45N11O4S. The Kier molecular flexibility index (Phi) is 10.3. The van der Waals surface area contributed by atoms with E-state index in [2.05, 4.69) is 56.0 Å². The number of hydrazine groups is 1. The molecule has 0 aliphatic carbocycles. The van der Waals surface area contributed by atoms with E-state index in [9.17, 15) is 19.2 Å². The van der Waals surface area contributed by atoms with Crippen molar-refractivity contribution in [3.8, 4) is 0 Å². The van der Waals surface area contributed by atoms with E-state index in [1.54, 1.807) is 18.3 Å². The van der Waals surface area contributed by atoms with Crippen LogP contribution in [0.25, 0.3) is 0 Å². The van der Waals surface area contributed by atoms with Crippen LogP contribution in [0.15, 0.2) is 35.7 Å². The molecule has 6 heterocycles. The predicted molar refractivity (Wildman–Crippen MR) is 193 cm³/mol. The molecule has 16 heteroatoms. The van der Waals surface area contributed by atoms with Crippen molar-refractivity contribution in [2.45, 2.75) is 58.2 Å². The quantitative estimate of drug-likeness (QED) is 0.319. The van der Waals surface area contributed by atoms with Crippen LogP contribution in [-0.2, 0) is 29.1 Å². The molecule has 4 aliphatic rings. The van der Waals surface area contributed by atoms with Gasteiger partial charge in [0.2, 0.25) is 29.7 Å². The number of carbonyl (C=O) groups excluding carboxylic acids is 4. The van der Waals surface area contributed by atoms with E-state index in [1.165, 1.54) is 14.9 Å². The number of carbonyl (C=O) groups is 4. The minimum atomic E-state index is -0.559. The molecule has 0 saturated carbocycles.